The number of hydrogen-bond donors (Lipinski definition) is 2. The van der Waals surface area contributed by atoms with Gasteiger partial charge in [-0.3, -0.25) is 0 Å². The van der Waals surface area contributed by atoms with E-state index in [4.69, 9.17) is 5.73 Å². The van der Waals surface area contributed by atoms with Gasteiger partial charge in [0.25, 0.3) is 0 Å². The number of rotatable bonds is 10. The predicted octanol–water partition coefficient (Wildman–Crippen LogP) is 3.99. The van der Waals surface area contributed by atoms with Crippen LogP contribution in [-0.2, 0) is 0 Å². The SMILES string of the molecule is CCCCCCCCCCNC1CCCC(N)C1. The Labute approximate surface area is 114 Å². The zero-order chi connectivity index (χ0) is 13.1. The summed E-state index contributed by atoms with van der Waals surface area (Å²) in [6, 6.07) is 1.16. The van der Waals surface area contributed by atoms with Crippen LogP contribution in [0.15, 0.2) is 0 Å². The molecule has 2 nitrogen and oxygen atoms in total. The maximum Gasteiger partial charge on any atom is 0.00818 e. The van der Waals surface area contributed by atoms with E-state index in [9.17, 15) is 0 Å². The summed E-state index contributed by atoms with van der Waals surface area (Å²) in [7, 11) is 0. The van der Waals surface area contributed by atoms with Crippen molar-refractivity contribution in [2.45, 2.75) is 96.1 Å². The fraction of sp³-hybridized carbons (Fsp3) is 1.00. The number of nitrogens with one attached hydrogen (secondary N) is 1. The smallest absolute Gasteiger partial charge is 0.00818 e. The molecule has 18 heavy (non-hydrogen) atoms. The van der Waals surface area contributed by atoms with Crippen molar-refractivity contribution in [2.24, 2.45) is 5.73 Å². The number of unbranched alkanes of at least 4 members (excludes halogenated alkanes) is 7. The molecule has 108 valence electrons. The van der Waals surface area contributed by atoms with Gasteiger partial charge in [-0.15, -0.1) is 0 Å². The van der Waals surface area contributed by atoms with Gasteiger partial charge in [-0.2, -0.15) is 0 Å². The first kappa shape index (κ1) is 16.0. The lowest BCUT2D eigenvalue weighted by Crippen LogP contribution is -2.39. The highest BCUT2D eigenvalue weighted by Gasteiger charge is 2.17. The van der Waals surface area contributed by atoms with Crippen LogP contribution in [-0.4, -0.2) is 18.6 Å². The molecule has 0 aromatic rings. The van der Waals surface area contributed by atoms with E-state index >= 15 is 0 Å². The molecule has 0 aliphatic heterocycles. The quantitative estimate of drug-likeness (QED) is 0.579. The van der Waals surface area contributed by atoms with Gasteiger partial charge in [0.05, 0.1) is 0 Å². The molecule has 0 heterocycles. The Kier molecular flexibility index (Phi) is 9.59. The van der Waals surface area contributed by atoms with E-state index < -0.39 is 0 Å². The Hall–Kier alpha value is -0.0800. The van der Waals surface area contributed by atoms with Crippen molar-refractivity contribution in [1.29, 1.82) is 0 Å². The molecule has 0 radical (unpaired) electrons. The molecule has 0 bridgehead atoms. The second kappa shape index (κ2) is 10.8. The lowest BCUT2D eigenvalue weighted by atomic mass is 9.91. The normalized spacial score (nSPS) is 24.3. The maximum atomic E-state index is 5.99. The highest BCUT2D eigenvalue weighted by atomic mass is 14.9. The van der Waals surface area contributed by atoms with Crippen LogP contribution in [0.1, 0.15) is 84.0 Å². The summed E-state index contributed by atoms with van der Waals surface area (Å²) in [6.45, 7) is 3.48. The van der Waals surface area contributed by atoms with Crippen LogP contribution in [0.5, 0.6) is 0 Å². The van der Waals surface area contributed by atoms with Gasteiger partial charge in [0, 0.05) is 12.1 Å². The van der Waals surface area contributed by atoms with Crippen molar-refractivity contribution >= 4 is 0 Å². The standard InChI is InChI=1S/C16H34N2/c1-2-3-4-5-6-7-8-9-13-18-16-12-10-11-15(17)14-16/h15-16,18H,2-14,17H2,1H3. The summed E-state index contributed by atoms with van der Waals surface area (Å²) >= 11 is 0. The molecule has 3 N–H and O–H groups in total. The van der Waals surface area contributed by atoms with E-state index in [-0.39, 0.29) is 0 Å². The first-order valence-electron chi connectivity index (χ1n) is 8.32. The van der Waals surface area contributed by atoms with Gasteiger partial charge in [-0.05, 0) is 32.2 Å². The molecule has 1 fully saturated rings. The molecule has 1 aliphatic rings. The third-order valence-electron chi connectivity index (χ3n) is 4.18. The van der Waals surface area contributed by atoms with Crippen LogP contribution in [0.25, 0.3) is 0 Å². The topological polar surface area (TPSA) is 38.0 Å². The maximum absolute atomic E-state index is 5.99. The van der Waals surface area contributed by atoms with Crippen molar-refractivity contribution in [3.8, 4) is 0 Å². The van der Waals surface area contributed by atoms with Gasteiger partial charge in [0.2, 0.25) is 0 Å². The zero-order valence-electron chi connectivity index (χ0n) is 12.4. The Bertz CT molecular complexity index is 182. The van der Waals surface area contributed by atoms with Gasteiger partial charge in [0.1, 0.15) is 0 Å². The molecule has 0 aromatic heterocycles. The van der Waals surface area contributed by atoms with E-state index in [1.165, 1.54) is 83.6 Å². The lowest BCUT2D eigenvalue weighted by molar-refractivity contribution is 0.337. The monoisotopic (exact) mass is 254 g/mol. The van der Waals surface area contributed by atoms with Gasteiger partial charge in [0.15, 0.2) is 0 Å². The summed E-state index contributed by atoms with van der Waals surface area (Å²) in [5.41, 5.74) is 5.99. The summed E-state index contributed by atoms with van der Waals surface area (Å²) in [6.07, 6.45) is 16.3. The van der Waals surface area contributed by atoms with Crippen molar-refractivity contribution in [1.82, 2.24) is 5.32 Å². The van der Waals surface area contributed by atoms with Gasteiger partial charge >= 0.3 is 0 Å². The minimum Gasteiger partial charge on any atom is -0.328 e. The Morgan fingerprint density at radius 1 is 0.944 bits per heavy atom. The van der Waals surface area contributed by atoms with E-state index in [1.54, 1.807) is 0 Å². The molecule has 1 saturated carbocycles. The first-order valence-corrected chi connectivity index (χ1v) is 8.32. The van der Waals surface area contributed by atoms with E-state index in [0.717, 1.165) is 0 Å². The molecular weight excluding hydrogens is 220 g/mol. The predicted molar refractivity (Wildman–Crippen MR) is 80.8 cm³/mol. The van der Waals surface area contributed by atoms with Gasteiger partial charge < -0.3 is 11.1 Å². The molecule has 2 atom stereocenters. The summed E-state index contributed by atoms with van der Waals surface area (Å²) in [5, 5.41) is 3.68. The van der Waals surface area contributed by atoms with Gasteiger partial charge in [-0.25, -0.2) is 0 Å². The van der Waals surface area contributed by atoms with Crippen LogP contribution in [0.2, 0.25) is 0 Å². The second-order valence-electron chi connectivity index (χ2n) is 6.05. The third-order valence-corrected chi connectivity index (χ3v) is 4.18. The minimum absolute atomic E-state index is 0.454. The largest absolute Gasteiger partial charge is 0.328 e. The van der Waals surface area contributed by atoms with Crippen molar-refractivity contribution in [3.63, 3.8) is 0 Å². The van der Waals surface area contributed by atoms with E-state index in [1.807, 2.05) is 0 Å². The molecule has 0 spiro atoms. The van der Waals surface area contributed by atoms with Gasteiger partial charge in [-0.1, -0.05) is 58.3 Å². The van der Waals surface area contributed by atoms with Crippen molar-refractivity contribution < 1.29 is 0 Å². The Morgan fingerprint density at radius 2 is 1.61 bits per heavy atom. The second-order valence-corrected chi connectivity index (χ2v) is 6.05. The van der Waals surface area contributed by atoms with Crippen LogP contribution in [0, 0.1) is 0 Å². The number of hydrogen-bond acceptors (Lipinski definition) is 2. The van der Waals surface area contributed by atoms with Crippen molar-refractivity contribution in [2.75, 3.05) is 6.54 Å². The van der Waals surface area contributed by atoms with Crippen LogP contribution in [0.4, 0.5) is 0 Å². The molecule has 2 heteroatoms. The molecule has 0 amide bonds. The lowest BCUT2D eigenvalue weighted by Gasteiger charge is -2.27. The fourth-order valence-electron chi connectivity index (χ4n) is 2.98. The molecule has 0 saturated heterocycles. The Morgan fingerprint density at radius 3 is 2.28 bits per heavy atom. The molecule has 1 rings (SSSR count). The Balaban J connectivity index is 1.80. The van der Waals surface area contributed by atoms with E-state index in [0.29, 0.717) is 12.1 Å². The average molecular weight is 254 g/mol. The van der Waals surface area contributed by atoms with Crippen molar-refractivity contribution in [3.05, 3.63) is 0 Å². The van der Waals surface area contributed by atoms with E-state index in [2.05, 4.69) is 12.2 Å². The third kappa shape index (κ3) is 8.10. The number of nitrogens with two attached hydrogens (primary N) is 1. The summed E-state index contributed by atoms with van der Waals surface area (Å²) in [4.78, 5) is 0. The van der Waals surface area contributed by atoms with Crippen LogP contribution < -0.4 is 11.1 Å². The highest BCUT2D eigenvalue weighted by molar-refractivity contribution is 4.79. The van der Waals surface area contributed by atoms with Crippen LogP contribution >= 0.6 is 0 Å². The minimum atomic E-state index is 0.454. The molecule has 2 unspecified atom stereocenters. The summed E-state index contributed by atoms with van der Waals surface area (Å²) in [5.74, 6) is 0. The highest BCUT2D eigenvalue weighted by Crippen LogP contribution is 2.17. The average Bonchev–Trinajstić information content (AvgIpc) is 2.37. The summed E-state index contributed by atoms with van der Waals surface area (Å²) < 4.78 is 0. The molecule has 0 aromatic carbocycles. The van der Waals surface area contributed by atoms with Crippen LogP contribution in [0.3, 0.4) is 0 Å². The molecule has 1 aliphatic carbocycles. The first-order chi connectivity index (χ1) is 8.83. The zero-order valence-corrected chi connectivity index (χ0v) is 12.4. The fourth-order valence-corrected chi connectivity index (χ4v) is 2.98. The molecular formula is C16H34N2.